The second kappa shape index (κ2) is 8.31. The van der Waals surface area contributed by atoms with Crippen molar-refractivity contribution < 1.29 is 4.74 Å². The number of nitriles is 1. The molecule has 1 aromatic heterocycles. The van der Waals surface area contributed by atoms with Gasteiger partial charge in [-0.1, -0.05) is 18.2 Å². The molecule has 1 aliphatic heterocycles. The molecular weight excluding hydrogens is 358 g/mol. The smallest absolute Gasteiger partial charge is 0.332 e. The van der Waals surface area contributed by atoms with Gasteiger partial charge in [0.15, 0.2) is 5.56 Å². The lowest BCUT2D eigenvalue weighted by atomic mass is 10.0. The summed E-state index contributed by atoms with van der Waals surface area (Å²) >= 11 is 0. The molecule has 3 rings (SSSR count). The summed E-state index contributed by atoms with van der Waals surface area (Å²) in [7, 11) is 4.57. The molecule has 1 atom stereocenters. The van der Waals surface area contributed by atoms with E-state index in [1.807, 2.05) is 30.3 Å². The third-order valence-corrected chi connectivity index (χ3v) is 5.32. The van der Waals surface area contributed by atoms with Crippen LogP contribution in [0.5, 0.6) is 5.75 Å². The van der Waals surface area contributed by atoms with Crippen molar-refractivity contribution in [2.75, 3.05) is 32.1 Å². The fraction of sp³-hybridized carbons (Fsp3) is 0.450. The van der Waals surface area contributed by atoms with Crippen molar-refractivity contribution in [3.05, 3.63) is 56.2 Å². The molecule has 0 aliphatic carbocycles. The van der Waals surface area contributed by atoms with Crippen molar-refractivity contribution in [1.29, 1.82) is 5.26 Å². The Morgan fingerprint density at radius 2 is 1.86 bits per heavy atom. The van der Waals surface area contributed by atoms with Crippen LogP contribution in [0.2, 0.25) is 0 Å². The number of methoxy groups -OCH3 is 1. The summed E-state index contributed by atoms with van der Waals surface area (Å²) in [6.45, 7) is 2.37. The summed E-state index contributed by atoms with van der Waals surface area (Å²) in [5.41, 5.74) is -0.0961. The molecule has 1 saturated heterocycles. The van der Waals surface area contributed by atoms with Crippen molar-refractivity contribution >= 4 is 5.82 Å². The summed E-state index contributed by atoms with van der Waals surface area (Å²) in [6, 6.07) is 9.77. The highest BCUT2D eigenvalue weighted by atomic mass is 16.5. The molecule has 2 aromatic rings. The first-order chi connectivity index (χ1) is 13.5. The second-order valence-electron chi connectivity index (χ2n) is 6.92. The van der Waals surface area contributed by atoms with Crippen molar-refractivity contribution in [3.63, 3.8) is 0 Å². The van der Waals surface area contributed by atoms with Gasteiger partial charge in [0.2, 0.25) is 0 Å². The van der Waals surface area contributed by atoms with Gasteiger partial charge < -0.3 is 10.1 Å². The van der Waals surface area contributed by atoms with Crippen LogP contribution < -0.4 is 21.3 Å². The van der Waals surface area contributed by atoms with E-state index in [0.29, 0.717) is 6.54 Å². The van der Waals surface area contributed by atoms with Crippen molar-refractivity contribution in [3.8, 4) is 11.8 Å². The first kappa shape index (κ1) is 19.7. The Hall–Kier alpha value is -3.05. The maximum absolute atomic E-state index is 12.3. The molecule has 0 radical (unpaired) electrons. The van der Waals surface area contributed by atoms with Gasteiger partial charge in [-0.15, -0.1) is 0 Å². The minimum atomic E-state index is -0.594. The molecule has 1 fully saturated rings. The molecule has 1 aliphatic rings. The zero-order valence-electron chi connectivity index (χ0n) is 16.4. The first-order valence-electron chi connectivity index (χ1n) is 9.30. The molecule has 0 amide bonds. The topological polar surface area (TPSA) is 92.3 Å². The maximum atomic E-state index is 12.3. The molecule has 28 heavy (non-hydrogen) atoms. The van der Waals surface area contributed by atoms with E-state index in [1.165, 1.54) is 11.6 Å². The van der Waals surface area contributed by atoms with Crippen LogP contribution in [0.15, 0.2) is 33.9 Å². The Balaban J connectivity index is 1.99. The molecule has 1 N–H and O–H groups in total. The standard InChI is InChI=1S/C20H25N5O3/c1-23-18(15(12-21)19(26)24(2)20(23)27)22-13-16(25-10-6-7-11-25)14-8-4-5-9-17(14)28-3/h4-5,8-9,16,22H,6-7,10-11,13H2,1-3H3. The van der Waals surface area contributed by atoms with Gasteiger partial charge in [0, 0.05) is 26.2 Å². The predicted molar refractivity (Wildman–Crippen MR) is 107 cm³/mol. The number of aromatic nitrogens is 2. The molecule has 0 bridgehead atoms. The number of ether oxygens (including phenoxy) is 1. The van der Waals surface area contributed by atoms with Crippen LogP contribution in [0.3, 0.4) is 0 Å². The largest absolute Gasteiger partial charge is 0.496 e. The number of hydrogen-bond acceptors (Lipinski definition) is 6. The summed E-state index contributed by atoms with van der Waals surface area (Å²) in [5.74, 6) is 1.04. The van der Waals surface area contributed by atoms with Crippen LogP contribution in [0.25, 0.3) is 0 Å². The number of anilines is 1. The average Bonchev–Trinajstić information content (AvgIpc) is 3.25. The number of benzene rings is 1. The van der Waals surface area contributed by atoms with Gasteiger partial charge in [-0.25, -0.2) is 4.79 Å². The van der Waals surface area contributed by atoms with Crippen molar-refractivity contribution in [1.82, 2.24) is 14.0 Å². The van der Waals surface area contributed by atoms with E-state index in [0.717, 1.165) is 41.8 Å². The Labute approximate surface area is 163 Å². The first-order valence-corrected chi connectivity index (χ1v) is 9.30. The van der Waals surface area contributed by atoms with Crippen molar-refractivity contribution in [2.45, 2.75) is 18.9 Å². The minimum Gasteiger partial charge on any atom is -0.496 e. The van der Waals surface area contributed by atoms with E-state index >= 15 is 0 Å². The predicted octanol–water partition coefficient (Wildman–Crippen LogP) is 1.21. The lowest BCUT2D eigenvalue weighted by Gasteiger charge is -2.30. The number of para-hydroxylation sites is 1. The number of hydrogen-bond donors (Lipinski definition) is 1. The Kier molecular flexibility index (Phi) is 5.85. The summed E-state index contributed by atoms with van der Waals surface area (Å²) in [4.78, 5) is 27.0. The second-order valence-corrected chi connectivity index (χ2v) is 6.92. The van der Waals surface area contributed by atoms with Gasteiger partial charge in [-0.05, 0) is 32.0 Å². The van der Waals surface area contributed by atoms with E-state index in [4.69, 9.17) is 4.74 Å². The van der Waals surface area contributed by atoms with Gasteiger partial charge >= 0.3 is 5.69 Å². The third-order valence-electron chi connectivity index (χ3n) is 5.32. The van der Waals surface area contributed by atoms with Gasteiger partial charge in [-0.3, -0.25) is 18.8 Å². The van der Waals surface area contributed by atoms with Crippen LogP contribution in [-0.4, -0.2) is 40.8 Å². The zero-order valence-corrected chi connectivity index (χ0v) is 16.4. The third kappa shape index (κ3) is 3.53. The molecule has 1 unspecified atom stereocenters. The van der Waals surface area contributed by atoms with Crippen LogP contribution in [-0.2, 0) is 14.1 Å². The highest BCUT2D eigenvalue weighted by Crippen LogP contribution is 2.32. The fourth-order valence-electron chi connectivity index (χ4n) is 3.78. The van der Waals surface area contributed by atoms with Crippen LogP contribution in [0.1, 0.15) is 30.0 Å². The lowest BCUT2D eigenvalue weighted by Crippen LogP contribution is -2.40. The van der Waals surface area contributed by atoms with Crippen LogP contribution in [0.4, 0.5) is 5.82 Å². The molecule has 1 aromatic carbocycles. The molecule has 8 heteroatoms. The lowest BCUT2D eigenvalue weighted by molar-refractivity contribution is 0.249. The maximum Gasteiger partial charge on any atom is 0.332 e. The molecule has 0 saturated carbocycles. The summed E-state index contributed by atoms with van der Waals surface area (Å²) < 4.78 is 7.80. The van der Waals surface area contributed by atoms with E-state index in [1.54, 1.807) is 14.2 Å². The monoisotopic (exact) mass is 383 g/mol. The highest BCUT2D eigenvalue weighted by molar-refractivity contribution is 5.51. The number of nitrogens with one attached hydrogen (secondary N) is 1. The normalized spacial score (nSPS) is 15.2. The minimum absolute atomic E-state index is 0.00986. The fourth-order valence-corrected chi connectivity index (χ4v) is 3.78. The number of likely N-dealkylation sites (tertiary alicyclic amines) is 1. The van der Waals surface area contributed by atoms with E-state index < -0.39 is 11.2 Å². The Morgan fingerprint density at radius 1 is 1.18 bits per heavy atom. The molecule has 0 spiro atoms. The summed E-state index contributed by atoms with van der Waals surface area (Å²) in [5, 5.41) is 12.7. The van der Waals surface area contributed by atoms with E-state index in [-0.39, 0.29) is 17.4 Å². The SMILES string of the molecule is COc1ccccc1C(CNc1c(C#N)c(=O)n(C)c(=O)n1C)N1CCCC1. The molecular formula is C20H25N5O3. The molecule has 148 valence electrons. The highest BCUT2D eigenvalue weighted by Gasteiger charge is 2.26. The number of rotatable bonds is 6. The number of nitrogens with zero attached hydrogens (tertiary/aromatic N) is 4. The average molecular weight is 383 g/mol. The van der Waals surface area contributed by atoms with Gasteiger partial charge in [0.1, 0.15) is 17.6 Å². The van der Waals surface area contributed by atoms with Gasteiger partial charge in [-0.2, -0.15) is 5.26 Å². The van der Waals surface area contributed by atoms with Gasteiger partial charge in [0.25, 0.3) is 5.56 Å². The Bertz CT molecular complexity index is 1010. The van der Waals surface area contributed by atoms with E-state index in [9.17, 15) is 14.9 Å². The Morgan fingerprint density at radius 3 is 2.50 bits per heavy atom. The van der Waals surface area contributed by atoms with Crippen molar-refractivity contribution in [2.24, 2.45) is 14.1 Å². The quantitative estimate of drug-likeness (QED) is 0.806. The van der Waals surface area contributed by atoms with Crippen LogP contribution >= 0.6 is 0 Å². The molecule has 8 nitrogen and oxygen atoms in total. The van der Waals surface area contributed by atoms with E-state index in [2.05, 4.69) is 10.2 Å². The zero-order chi connectivity index (χ0) is 20.3. The molecule has 2 heterocycles. The summed E-state index contributed by atoms with van der Waals surface area (Å²) in [6.07, 6.45) is 2.25. The van der Waals surface area contributed by atoms with Gasteiger partial charge in [0.05, 0.1) is 13.2 Å². The van der Waals surface area contributed by atoms with Crippen LogP contribution in [0, 0.1) is 11.3 Å².